The van der Waals surface area contributed by atoms with Gasteiger partial charge in [-0.3, -0.25) is 9.59 Å². The maximum absolute atomic E-state index is 12.2. The summed E-state index contributed by atoms with van der Waals surface area (Å²) in [6.45, 7) is 3.62. The molecule has 0 aliphatic rings. The van der Waals surface area contributed by atoms with Gasteiger partial charge in [0, 0.05) is 10.3 Å². The van der Waals surface area contributed by atoms with Crippen molar-refractivity contribution >= 4 is 34.4 Å². The highest BCUT2D eigenvalue weighted by molar-refractivity contribution is 7.12. The Bertz CT molecular complexity index is 587. The van der Waals surface area contributed by atoms with Gasteiger partial charge in [0.25, 0.3) is 5.91 Å². The molecule has 1 atom stereocenters. The molecule has 0 unspecified atom stereocenters. The van der Waals surface area contributed by atoms with Crippen LogP contribution < -0.4 is 5.32 Å². The summed E-state index contributed by atoms with van der Waals surface area (Å²) < 4.78 is 0. The number of carbonyl (C=O) groups is 2. The number of carbonyl (C=O) groups excluding carboxylic acids is 2. The molecule has 0 saturated heterocycles. The van der Waals surface area contributed by atoms with E-state index in [2.05, 4.69) is 12.2 Å². The molecule has 2 aromatic heterocycles. The van der Waals surface area contributed by atoms with E-state index in [-0.39, 0.29) is 17.7 Å². The molecular formula is C15H17NO2S2. The third-order valence-electron chi connectivity index (χ3n) is 2.98. The fraction of sp³-hybridized carbons (Fsp3) is 0.333. The Morgan fingerprint density at radius 3 is 2.70 bits per heavy atom. The summed E-state index contributed by atoms with van der Waals surface area (Å²) in [5, 5.41) is 6.81. The third-order valence-corrected chi connectivity index (χ3v) is 4.99. The smallest absolute Gasteiger partial charge is 0.252 e. The van der Waals surface area contributed by atoms with Gasteiger partial charge in [-0.2, -0.15) is 0 Å². The Hall–Kier alpha value is -1.46. The van der Waals surface area contributed by atoms with Crippen LogP contribution in [0.4, 0.5) is 0 Å². The molecule has 2 rings (SSSR count). The van der Waals surface area contributed by atoms with Gasteiger partial charge in [-0.05, 0) is 30.9 Å². The molecule has 0 spiro atoms. The highest BCUT2D eigenvalue weighted by Gasteiger charge is 2.17. The average Bonchev–Trinajstić information content (AvgIpc) is 3.09. The number of ketones is 1. The van der Waals surface area contributed by atoms with Crippen molar-refractivity contribution in [3.63, 3.8) is 0 Å². The van der Waals surface area contributed by atoms with Gasteiger partial charge in [0.1, 0.15) is 0 Å². The zero-order valence-electron chi connectivity index (χ0n) is 11.5. The van der Waals surface area contributed by atoms with E-state index < -0.39 is 0 Å². The lowest BCUT2D eigenvalue weighted by Gasteiger charge is -2.16. The lowest BCUT2D eigenvalue weighted by molar-refractivity contribution is 0.0935. The van der Waals surface area contributed by atoms with Gasteiger partial charge < -0.3 is 5.32 Å². The lowest BCUT2D eigenvalue weighted by Crippen LogP contribution is -2.27. The molecule has 106 valence electrons. The summed E-state index contributed by atoms with van der Waals surface area (Å²) in [6.07, 6.45) is 1.92. The van der Waals surface area contributed by atoms with Crippen LogP contribution in [0, 0.1) is 0 Å². The van der Waals surface area contributed by atoms with Crippen molar-refractivity contribution in [2.75, 3.05) is 0 Å². The summed E-state index contributed by atoms with van der Waals surface area (Å²) in [4.78, 5) is 25.3. The van der Waals surface area contributed by atoms with Gasteiger partial charge in [-0.1, -0.05) is 19.4 Å². The first kappa shape index (κ1) is 14.9. The predicted molar refractivity (Wildman–Crippen MR) is 83.8 cm³/mol. The van der Waals surface area contributed by atoms with E-state index in [0.717, 1.165) is 12.8 Å². The van der Waals surface area contributed by atoms with Crippen molar-refractivity contribution in [3.8, 4) is 0 Å². The molecule has 1 N–H and O–H groups in total. The number of nitrogens with one attached hydrogen (secondary N) is 1. The standard InChI is InChI=1S/C15H17NO2S2/c1-3-5-12(13-6-4-7-19-13)16-15(18)11-8-14(10(2)17)20-9-11/h4,6-9,12H,3,5H2,1-2H3,(H,16,18)/t12-/m1/s1. The maximum Gasteiger partial charge on any atom is 0.252 e. The molecule has 0 aliphatic heterocycles. The van der Waals surface area contributed by atoms with Gasteiger partial charge in [0.05, 0.1) is 16.5 Å². The van der Waals surface area contributed by atoms with Crippen LogP contribution in [0.5, 0.6) is 0 Å². The SMILES string of the molecule is CCC[C@@H](NC(=O)c1csc(C(C)=O)c1)c1cccs1. The Balaban J connectivity index is 2.09. The largest absolute Gasteiger partial charge is 0.344 e. The average molecular weight is 307 g/mol. The summed E-state index contributed by atoms with van der Waals surface area (Å²) in [5.41, 5.74) is 0.567. The first-order valence-electron chi connectivity index (χ1n) is 6.55. The lowest BCUT2D eigenvalue weighted by atomic mass is 10.1. The highest BCUT2D eigenvalue weighted by Crippen LogP contribution is 2.24. The molecule has 5 heteroatoms. The Morgan fingerprint density at radius 2 is 2.15 bits per heavy atom. The first-order valence-corrected chi connectivity index (χ1v) is 8.31. The molecule has 0 saturated carbocycles. The molecule has 0 aromatic carbocycles. The number of hydrogen-bond donors (Lipinski definition) is 1. The van der Waals surface area contributed by atoms with Crippen molar-refractivity contribution in [2.45, 2.75) is 32.7 Å². The van der Waals surface area contributed by atoms with Gasteiger partial charge in [-0.15, -0.1) is 22.7 Å². The van der Waals surface area contributed by atoms with E-state index in [0.29, 0.717) is 10.4 Å². The molecule has 1 amide bonds. The third kappa shape index (κ3) is 3.55. The highest BCUT2D eigenvalue weighted by atomic mass is 32.1. The van der Waals surface area contributed by atoms with Crippen molar-refractivity contribution < 1.29 is 9.59 Å². The molecule has 0 radical (unpaired) electrons. The van der Waals surface area contributed by atoms with E-state index in [4.69, 9.17) is 0 Å². The molecule has 2 heterocycles. The Kier molecular flexibility index (Phi) is 5.09. The second-order valence-corrected chi connectivity index (χ2v) is 6.48. The van der Waals surface area contributed by atoms with Crippen LogP contribution in [0.2, 0.25) is 0 Å². The fourth-order valence-corrected chi connectivity index (χ4v) is 3.55. The van der Waals surface area contributed by atoms with Crippen LogP contribution in [-0.4, -0.2) is 11.7 Å². The minimum atomic E-state index is -0.111. The first-order chi connectivity index (χ1) is 9.61. The van der Waals surface area contributed by atoms with Gasteiger partial charge in [0.15, 0.2) is 5.78 Å². The molecule has 0 bridgehead atoms. The maximum atomic E-state index is 12.2. The van der Waals surface area contributed by atoms with E-state index in [1.54, 1.807) is 22.8 Å². The minimum absolute atomic E-state index is 0.00239. The van der Waals surface area contributed by atoms with Crippen LogP contribution in [0.25, 0.3) is 0 Å². The van der Waals surface area contributed by atoms with E-state index in [1.165, 1.54) is 23.1 Å². The van der Waals surface area contributed by atoms with E-state index in [1.807, 2.05) is 17.5 Å². The van der Waals surface area contributed by atoms with E-state index in [9.17, 15) is 9.59 Å². The van der Waals surface area contributed by atoms with Crippen molar-refractivity contribution in [2.24, 2.45) is 0 Å². The second-order valence-electron chi connectivity index (χ2n) is 4.59. The van der Waals surface area contributed by atoms with Gasteiger partial charge >= 0.3 is 0 Å². The molecule has 2 aromatic rings. The van der Waals surface area contributed by atoms with Crippen LogP contribution in [0.15, 0.2) is 29.0 Å². The second kappa shape index (κ2) is 6.81. The van der Waals surface area contributed by atoms with Crippen LogP contribution in [0.1, 0.15) is 57.6 Å². The zero-order chi connectivity index (χ0) is 14.5. The number of amides is 1. The topological polar surface area (TPSA) is 46.2 Å². The summed E-state index contributed by atoms with van der Waals surface area (Å²) in [6, 6.07) is 5.75. The zero-order valence-corrected chi connectivity index (χ0v) is 13.1. The van der Waals surface area contributed by atoms with Crippen molar-refractivity contribution in [3.05, 3.63) is 44.3 Å². The van der Waals surface area contributed by atoms with Crippen LogP contribution in [0.3, 0.4) is 0 Å². The quantitative estimate of drug-likeness (QED) is 0.809. The monoisotopic (exact) mass is 307 g/mol. The summed E-state index contributed by atoms with van der Waals surface area (Å²) >= 11 is 2.97. The van der Waals surface area contributed by atoms with Gasteiger partial charge in [0.2, 0.25) is 0 Å². The summed E-state index contributed by atoms with van der Waals surface area (Å²) in [7, 11) is 0. The van der Waals surface area contributed by atoms with Crippen LogP contribution in [-0.2, 0) is 0 Å². The molecule has 0 fully saturated rings. The van der Waals surface area contributed by atoms with E-state index >= 15 is 0 Å². The Labute approximate surface area is 126 Å². The number of hydrogen-bond acceptors (Lipinski definition) is 4. The normalized spacial score (nSPS) is 12.1. The molecule has 20 heavy (non-hydrogen) atoms. The molecule has 3 nitrogen and oxygen atoms in total. The predicted octanol–water partition coefficient (Wildman–Crippen LogP) is 4.28. The fourth-order valence-electron chi connectivity index (χ4n) is 1.95. The summed E-state index contributed by atoms with van der Waals surface area (Å²) in [5.74, 6) is -0.113. The molecule has 0 aliphatic carbocycles. The van der Waals surface area contributed by atoms with Crippen molar-refractivity contribution in [1.29, 1.82) is 0 Å². The minimum Gasteiger partial charge on any atom is -0.344 e. The number of rotatable bonds is 6. The van der Waals surface area contributed by atoms with Crippen LogP contribution >= 0.6 is 22.7 Å². The molecular weight excluding hydrogens is 290 g/mol. The Morgan fingerprint density at radius 1 is 1.35 bits per heavy atom. The number of Topliss-reactive ketones (excluding diaryl/α,β-unsaturated/α-hetero) is 1. The van der Waals surface area contributed by atoms with Crippen molar-refractivity contribution in [1.82, 2.24) is 5.32 Å². The number of thiophene rings is 2. The van der Waals surface area contributed by atoms with Gasteiger partial charge in [-0.25, -0.2) is 0 Å².